The van der Waals surface area contributed by atoms with E-state index >= 15 is 0 Å². The van der Waals surface area contributed by atoms with E-state index in [2.05, 4.69) is 11.2 Å². The van der Waals surface area contributed by atoms with Crippen molar-refractivity contribution in [2.45, 2.75) is 6.54 Å². The molecule has 0 amide bonds. The third-order valence-corrected chi connectivity index (χ3v) is 2.84. The maximum Gasteiger partial charge on any atom is 0.0545 e. The molecular weight excluding hydrogens is 204 g/mol. The molecule has 0 aromatic heterocycles. The van der Waals surface area contributed by atoms with Gasteiger partial charge in [0.25, 0.3) is 0 Å². The Morgan fingerprint density at radius 3 is 2.93 bits per heavy atom. The van der Waals surface area contributed by atoms with Gasteiger partial charge in [0.05, 0.1) is 5.75 Å². The highest BCUT2D eigenvalue weighted by Crippen LogP contribution is 2.09. The Morgan fingerprint density at radius 1 is 1.40 bits per heavy atom. The van der Waals surface area contributed by atoms with Crippen LogP contribution in [0.15, 0.2) is 24.3 Å². The molecule has 0 saturated heterocycles. The Balaban J connectivity index is 2.16. The quantitative estimate of drug-likeness (QED) is 0.435. The molecule has 0 fully saturated rings. The van der Waals surface area contributed by atoms with Gasteiger partial charge in [-0.2, -0.15) is 0 Å². The SMILES string of the molecule is C#CCSCCNCc1ccccc1N. The molecule has 1 aromatic rings. The topological polar surface area (TPSA) is 38.0 Å². The van der Waals surface area contributed by atoms with Gasteiger partial charge < -0.3 is 11.1 Å². The summed E-state index contributed by atoms with van der Waals surface area (Å²) in [6.45, 7) is 1.78. The van der Waals surface area contributed by atoms with Gasteiger partial charge in [0.2, 0.25) is 0 Å². The van der Waals surface area contributed by atoms with Crippen LogP contribution in [0.25, 0.3) is 0 Å². The lowest BCUT2D eigenvalue weighted by molar-refractivity contribution is 0.734. The lowest BCUT2D eigenvalue weighted by Gasteiger charge is -2.06. The molecule has 3 N–H and O–H groups in total. The predicted molar refractivity (Wildman–Crippen MR) is 68.7 cm³/mol. The van der Waals surface area contributed by atoms with Gasteiger partial charge in [-0.15, -0.1) is 18.2 Å². The molecule has 0 radical (unpaired) electrons. The zero-order chi connectivity index (χ0) is 10.9. The van der Waals surface area contributed by atoms with Crippen molar-refractivity contribution < 1.29 is 0 Å². The highest BCUT2D eigenvalue weighted by molar-refractivity contribution is 7.99. The summed E-state index contributed by atoms with van der Waals surface area (Å²) in [7, 11) is 0. The van der Waals surface area contributed by atoms with Crippen molar-refractivity contribution in [1.29, 1.82) is 0 Å². The highest BCUT2D eigenvalue weighted by atomic mass is 32.2. The first kappa shape index (κ1) is 12.0. The lowest BCUT2D eigenvalue weighted by atomic mass is 10.2. The summed E-state index contributed by atoms with van der Waals surface area (Å²) in [4.78, 5) is 0. The normalized spacial score (nSPS) is 9.80. The van der Waals surface area contributed by atoms with E-state index in [0.717, 1.165) is 35.8 Å². The molecule has 0 atom stereocenters. The molecule has 0 spiro atoms. The molecule has 2 nitrogen and oxygen atoms in total. The molecular formula is C12H16N2S. The van der Waals surface area contributed by atoms with Crippen molar-refractivity contribution in [3.05, 3.63) is 29.8 Å². The summed E-state index contributed by atoms with van der Waals surface area (Å²) >= 11 is 1.76. The van der Waals surface area contributed by atoms with Crippen molar-refractivity contribution in [1.82, 2.24) is 5.32 Å². The predicted octanol–water partition coefficient (Wildman–Crippen LogP) is 1.72. The van der Waals surface area contributed by atoms with Gasteiger partial charge in [0, 0.05) is 24.5 Å². The van der Waals surface area contributed by atoms with Crippen LogP contribution in [-0.2, 0) is 6.54 Å². The number of hydrogen-bond donors (Lipinski definition) is 2. The van der Waals surface area contributed by atoms with Crippen LogP contribution in [0.4, 0.5) is 5.69 Å². The average Bonchev–Trinajstić information content (AvgIpc) is 2.25. The molecule has 15 heavy (non-hydrogen) atoms. The summed E-state index contributed by atoms with van der Waals surface area (Å²) in [5.41, 5.74) is 7.81. The van der Waals surface area contributed by atoms with Crippen LogP contribution < -0.4 is 11.1 Å². The monoisotopic (exact) mass is 220 g/mol. The Morgan fingerprint density at radius 2 is 2.20 bits per heavy atom. The van der Waals surface area contributed by atoms with E-state index in [0.29, 0.717) is 0 Å². The van der Waals surface area contributed by atoms with E-state index < -0.39 is 0 Å². The first-order valence-corrected chi connectivity index (χ1v) is 6.05. The number of anilines is 1. The van der Waals surface area contributed by atoms with Crippen LogP contribution in [0.3, 0.4) is 0 Å². The minimum Gasteiger partial charge on any atom is -0.398 e. The van der Waals surface area contributed by atoms with E-state index in [9.17, 15) is 0 Å². The van der Waals surface area contributed by atoms with Crippen LogP contribution in [0, 0.1) is 12.3 Å². The number of hydrogen-bond acceptors (Lipinski definition) is 3. The number of nitrogens with two attached hydrogens (primary N) is 1. The van der Waals surface area contributed by atoms with Gasteiger partial charge in [-0.3, -0.25) is 0 Å². The van der Waals surface area contributed by atoms with Crippen molar-refractivity contribution >= 4 is 17.4 Å². The Bertz CT molecular complexity index is 331. The second kappa shape index (κ2) is 7.22. The van der Waals surface area contributed by atoms with Gasteiger partial charge in [0.1, 0.15) is 0 Å². The van der Waals surface area contributed by atoms with Crippen molar-refractivity contribution in [2.75, 3.05) is 23.8 Å². The Labute approximate surface area is 95.6 Å². The second-order valence-electron chi connectivity index (χ2n) is 3.13. The van der Waals surface area contributed by atoms with Gasteiger partial charge in [-0.05, 0) is 11.6 Å². The molecule has 0 aliphatic heterocycles. The van der Waals surface area contributed by atoms with Gasteiger partial charge in [-0.25, -0.2) is 0 Å². The molecule has 0 aliphatic rings. The number of nitrogen functional groups attached to an aromatic ring is 1. The first-order chi connectivity index (χ1) is 7.34. The summed E-state index contributed by atoms with van der Waals surface area (Å²) in [5.74, 6) is 4.43. The highest BCUT2D eigenvalue weighted by Gasteiger charge is 1.96. The van der Waals surface area contributed by atoms with E-state index in [-0.39, 0.29) is 0 Å². The van der Waals surface area contributed by atoms with Gasteiger partial charge >= 0.3 is 0 Å². The maximum atomic E-state index is 5.81. The number of terminal acetylenes is 1. The van der Waals surface area contributed by atoms with Crippen LogP contribution in [0.1, 0.15) is 5.56 Å². The summed E-state index contributed by atoms with van der Waals surface area (Å²) in [6.07, 6.45) is 5.15. The Kier molecular flexibility index (Phi) is 5.76. The molecule has 80 valence electrons. The smallest absolute Gasteiger partial charge is 0.0545 e. The van der Waals surface area contributed by atoms with Crippen molar-refractivity contribution in [3.8, 4) is 12.3 Å². The maximum absolute atomic E-state index is 5.81. The van der Waals surface area contributed by atoms with E-state index in [1.165, 1.54) is 0 Å². The average molecular weight is 220 g/mol. The minimum atomic E-state index is 0.787. The number of rotatable bonds is 6. The lowest BCUT2D eigenvalue weighted by Crippen LogP contribution is -2.17. The van der Waals surface area contributed by atoms with Crippen LogP contribution >= 0.6 is 11.8 Å². The zero-order valence-corrected chi connectivity index (χ0v) is 9.52. The van der Waals surface area contributed by atoms with Crippen molar-refractivity contribution in [2.24, 2.45) is 0 Å². The minimum absolute atomic E-state index is 0.787. The first-order valence-electron chi connectivity index (χ1n) is 4.90. The summed E-state index contributed by atoms with van der Waals surface area (Å²) < 4.78 is 0. The molecule has 0 aliphatic carbocycles. The second-order valence-corrected chi connectivity index (χ2v) is 4.24. The molecule has 0 unspecified atom stereocenters. The fraction of sp³-hybridized carbons (Fsp3) is 0.333. The molecule has 1 rings (SSSR count). The van der Waals surface area contributed by atoms with Crippen LogP contribution in [-0.4, -0.2) is 18.1 Å². The Hall–Kier alpha value is -1.11. The van der Waals surface area contributed by atoms with Crippen LogP contribution in [0.5, 0.6) is 0 Å². The van der Waals surface area contributed by atoms with E-state index in [1.807, 2.05) is 24.3 Å². The number of nitrogens with one attached hydrogen (secondary N) is 1. The van der Waals surface area contributed by atoms with Crippen LogP contribution in [0.2, 0.25) is 0 Å². The summed E-state index contributed by atoms with van der Waals surface area (Å²) in [5, 5.41) is 3.33. The molecule has 0 bridgehead atoms. The zero-order valence-electron chi connectivity index (χ0n) is 8.70. The standard InChI is InChI=1S/C12H16N2S/c1-2-8-15-9-7-14-10-11-5-3-4-6-12(11)13/h1,3-6,14H,7-10,13H2. The number of thioether (sulfide) groups is 1. The third-order valence-electron chi connectivity index (χ3n) is 1.98. The van der Waals surface area contributed by atoms with E-state index in [1.54, 1.807) is 11.8 Å². The fourth-order valence-corrected chi connectivity index (χ4v) is 1.74. The number of para-hydroxylation sites is 1. The molecule has 3 heteroatoms. The fourth-order valence-electron chi connectivity index (χ4n) is 1.19. The summed E-state index contributed by atoms with van der Waals surface area (Å²) in [6, 6.07) is 7.91. The van der Waals surface area contributed by atoms with E-state index in [4.69, 9.17) is 12.2 Å². The molecule has 1 aromatic carbocycles. The van der Waals surface area contributed by atoms with Crippen molar-refractivity contribution in [3.63, 3.8) is 0 Å². The largest absolute Gasteiger partial charge is 0.398 e. The third kappa shape index (κ3) is 4.78. The molecule has 0 heterocycles. The molecule has 0 saturated carbocycles. The van der Waals surface area contributed by atoms with Gasteiger partial charge in [0.15, 0.2) is 0 Å². The number of benzene rings is 1. The van der Waals surface area contributed by atoms with Gasteiger partial charge in [-0.1, -0.05) is 24.1 Å².